The third-order valence-corrected chi connectivity index (χ3v) is 8.12. The molecule has 1 aromatic carbocycles. The minimum absolute atomic E-state index is 0.106. The van der Waals surface area contributed by atoms with Crippen molar-refractivity contribution in [2.75, 3.05) is 53.7 Å². The topological polar surface area (TPSA) is 98.2 Å². The number of halogens is 1. The van der Waals surface area contributed by atoms with Crippen LogP contribution in [0.4, 0.5) is 10.2 Å². The molecule has 1 atom stereocenters. The SMILES string of the molecule is COc1cc(OC)c2sc(-c3cc([C@@H]4CCN(C(=O)CCCN(C)C)C4)n4ncnc(N)c34)cc2c1F. The molecule has 0 radical (unpaired) electrons. The number of nitrogen functional groups attached to an aromatic ring is 1. The first-order valence-electron chi connectivity index (χ1n) is 12.2. The van der Waals surface area contributed by atoms with E-state index in [2.05, 4.69) is 21.0 Å². The van der Waals surface area contributed by atoms with Gasteiger partial charge in [0.1, 0.15) is 17.6 Å². The lowest BCUT2D eigenvalue weighted by molar-refractivity contribution is -0.130. The van der Waals surface area contributed by atoms with Crippen LogP contribution in [0.25, 0.3) is 26.0 Å². The smallest absolute Gasteiger partial charge is 0.222 e. The number of amides is 1. The predicted molar refractivity (Wildman–Crippen MR) is 143 cm³/mol. The number of thiophene rings is 1. The molecule has 4 heterocycles. The number of anilines is 1. The van der Waals surface area contributed by atoms with Crippen molar-refractivity contribution in [3.63, 3.8) is 0 Å². The molecule has 11 heteroatoms. The van der Waals surface area contributed by atoms with Crippen molar-refractivity contribution in [3.8, 4) is 21.9 Å². The summed E-state index contributed by atoms with van der Waals surface area (Å²) in [7, 11) is 7.00. The van der Waals surface area contributed by atoms with Gasteiger partial charge in [0.05, 0.1) is 18.9 Å². The fourth-order valence-electron chi connectivity index (χ4n) is 5.05. The summed E-state index contributed by atoms with van der Waals surface area (Å²) in [4.78, 5) is 21.9. The van der Waals surface area contributed by atoms with E-state index < -0.39 is 5.82 Å². The largest absolute Gasteiger partial charge is 0.495 e. The van der Waals surface area contributed by atoms with Crippen LogP contribution in [-0.2, 0) is 4.79 Å². The fourth-order valence-corrected chi connectivity index (χ4v) is 6.22. The van der Waals surface area contributed by atoms with Gasteiger partial charge in [-0.3, -0.25) is 4.79 Å². The van der Waals surface area contributed by atoms with Crippen LogP contribution in [0.5, 0.6) is 11.5 Å². The quantitative estimate of drug-likeness (QED) is 0.370. The third kappa shape index (κ3) is 4.57. The molecule has 3 aromatic heterocycles. The molecule has 0 saturated carbocycles. The normalized spacial score (nSPS) is 15.8. The van der Waals surface area contributed by atoms with Crippen molar-refractivity contribution in [2.45, 2.75) is 25.2 Å². The van der Waals surface area contributed by atoms with Gasteiger partial charge in [-0.1, -0.05) is 0 Å². The lowest BCUT2D eigenvalue weighted by atomic mass is 10.0. The van der Waals surface area contributed by atoms with Crippen molar-refractivity contribution in [1.82, 2.24) is 24.4 Å². The van der Waals surface area contributed by atoms with Crippen LogP contribution < -0.4 is 15.2 Å². The fraction of sp³-hybridized carbons (Fsp3) is 0.423. The molecular weight excluding hydrogens is 495 g/mol. The van der Waals surface area contributed by atoms with Gasteiger partial charge in [-0.15, -0.1) is 11.3 Å². The molecule has 9 nitrogen and oxygen atoms in total. The summed E-state index contributed by atoms with van der Waals surface area (Å²) in [6, 6.07) is 5.40. The Balaban J connectivity index is 1.52. The molecule has 1 fully saturated rings. The van der Waals surface area contributed by atoms with Crippen molar-refractivity contribution in [3.05, 3.63) is 36.0 Å². The number of nitrogens with two attached hydrogens (primary N) is 1. The molecule has 0 bridgehead atoms. The lowest BCUT2D eigenvalue weighted by Crippen LogP contribution is -2.29. The maximum Gasteiger partial charge on any atom is 0.222 e. The number of ether oxygens (including phenoxy) is 2. The Hall–Kier alpha value is -3.44. The summed E-state index contributed by atoms with van der Waals surface area (Å²) in [5.41, 5.74) is 8.79. The molecule has 2 N–H and O–H groups in total. The van der Waals surface area contributed by atoms with Gasteiger partial charge >= 0.3 is 0 Å². The van der Waals surface area contributed by atoms with E-state index in [1.165, 1.54) is 24.8 Å². The second-order valence-electron chi connectivity index (χ2n) is 9.57. The maximum atomic E-state index is 15.1. The number of rotatable bonds is 8. The Kier molecular flexibility index (Phi) is 6.91. The average molecular weight is 527 g/mol. The van der Waals surface area contributed by atoms with E-state index in [1.54, 1.807) is 19.2 Å². The molecule has 196 valence electrons. The van der Waals surface area contributed by atoms with Crippen LogP contribution in [-0.4, -0.2) is 78.3 Å². The number of aromatic nitrogens is 3. The van der Waals surface area contributed by atoms with E-state index in [0.717, 1.165) is 35.5 Å². The summed E-state index contributed by atoms with van der Waals surface area (Å²) in [5, 5.41) is 4.93. The monoisotopic (exact) mass is 526 g/mol. The van der Waals surface area contributed by atoms with Gasteiger partial charge in [-0.05, 0) is 45.6 Å². The molecule has 0 spiro atoms. The van der Waals surface area contributed by atoms with Gasteiger partial charge < -0.3 is 25.0 Å². The van der Waals surface area contributed by atoms with Crippen LogP contribution in [0.15, 0.2) is 24.5 Å². The molecule has 4 aromatic rings. The Morgan fingerprint density at radius 2 is 2.03 bits per heavy atom. The first-order chi connectivity index (χ1) is 17.8. The van der Waals surface area contributed by atoms with Crippen LogP contribution in [0, 0.1) is 5.82 Å². The Bertz CT molecular complexity index is 1470. The predicted octanol–water partition coefficient (Wildman–Crippen LogP) is 4.01. The second-order valence-corrected chi connectivity index (χ2v) is 10.6. The highest BCUT2D eigenvalue weighted by Crippen LogP contribution is 2.45. The molecule has 0 aliphatic carbocycles. The van der Waals surface area contributed by atoms with E-state index in [1.807, 2.05) is 23.5 Å². The van der Waals surface area contributed by atoms with E-state index in [0.29, 0.717) is 46.7 Å². The van der Waals surface area contributed by atoms with E-state index in [4.69, 9.17) is 15.2 Å². The van der Waals surface area contributed by atoms with Crippen molar-refractivity contribution in [1.29, 1.82) is 0 Å². The number of benzene rings is 1. The van der Waals surface area contributed by atoms with Crippen molar-refractivity contribution >= 4 is 38.7 Å². The minimum Gasteiger partial charge on any atom is -0.495 e. The van der Waals surface area contributed by atoms with E-state index >= 15 is 4.39 Å². The molecule has 5 rings (SSSR count). The van der Waals surface area contributed by atoms with E-state index in [9.17, 15) is 4.79 Å². The molecule has 37 heavy (non-hydrogen) atoms. The zero-order valence-electron chi connectivity index (χ0n) is 21.5. The molecule has 1 saturated heterocycles. The molecule has 1 aliphatic rings. The first-order valence-corrected chi connectivity index (χ1v) is 13.0. The third-order valence-electron chi connectivity index (χ3n) is 6.94. The number of carbonyl (C=O) groups excluding carboxylic acids is 1. The number of carbonyl (C=O) groups is 1. The molecule has 1 amide bonds. The first kappa shape index (κ1) is 25.2. The minimum atomic E-state index is -0.437. The lowest BCUT2D eigenvalue weighted by Gasteiger charge is -2.17. The van der Waals surface area contributed by atoms with Crippen molar-refractivity contribution < 1.29 is 18.7 Å². The number of methoxy groups -OCH3 is 2. The second kappa shape index (κ2) is 10.1. The van der Waals surface area contributed by atoms with E-state index in [-0.39, 0.29) is 17.6 Å². The van der Waals surface area contributed by atoms with Gasteiger partial charge in [0, 0.05) is 53.0 Å². The van der Waals surface area contributed by atoms with Crippen LogP contribution in [0.2, 0.25) is 0 Å². The highest BCUT2D eigenvalue weighted by molar-refractivity contribution is 7.22. The van der Waals surface area contributed by atoms with Gasteiger partial charge in [-0.2, -0.15) is 5.10 Å². The molecule has 1 aliphatic heterocycles. The Morgan fingerprint density at radius 1 is 1.24 bits per heavy atom. The van der Waals surface area contributed by atoms with Crippen LogP contribution in [0.3, 0.4) is 0 Å². The maximum absolute atomic E-state index is 15.1. The van der Waals surface area contributed by atoms with Gasteiger partial charge in [0.15, 0.2) is 17.4 Å². The van der Waals surface area contributed by atoms with Gasteiger partial charge in [0.25, 0.3) is 0 Å². The highest BCUT2D eigenvalue weighted by Gasteiger charge is 2.31. The summed E-state index contributed by atoms with van der Waals surface area (Å²) < 4.78 is 28.4. The van der Waals surface area contributed by atoms with Gasteiger partial charge in [0.2, 0.25) is 5.91 Å². The number of hydrogen-bond acceptors (Lipinski definition) is 8. The zero-order chi connectivity index (χ0) is 26.3. The Labute approximate surface area is 218 Å². The highest BCUT2D eigenvalue weighted by atomic mass is 32.1. The number of fused-ring (bicyclic) bond motifs is 2. The average Bonchev–Trinajstić information content (AvgIpc) is 3.61. The summed E-state index contributed by atoms with van der Waals surface area (Å²) in [5.74, 6) is 0.855. The standard InChI is InChI=1S/C26H31FN6O3S/c1-31(2)8-5-6-22(34)32-9-7-15(13-32)18-10-16(24-26(28)29-14-30-33(18)24)21-11-17-23(27)19(35-3)12-20(36-4)25(17)37-21/h10-12,14-15H,5-9,13H2,1-4H3,(H2,28,29,30)/t15-/m1/s1. The zero-order valence-corrected chi connectivity index (χ0v) is 22.3. The number of hydrogen-bond donors (Lipinski definition) is 1. The molecular formula is C26H31FN6O3S. The Morgan fingerprint density at radius 3 is 2.76 bits per heavy atom. The number of likely N-dealkylation sites (tertiary alicyclic amines) is 1. The molecule has 0 unspecified atom stereocenters. The van der Waals surface area contributed by atoms with Crippen LogP contribution in [0.1, 0.15) is 30.9 Å². The summed E-state index contributed by atoms with van der Waals surface area (Å²) >= 11 is 1.42. The van der Waals surface area contributed by atoms with Gasteiger partial charge in [-0.25, -0.2) is 13.9 Å². The summed E-state index contributed by atoms with van der Waals surface area (Å²) in [6.45, 7) is 2.22. The number of nitrogens with zero attached hydrogens (tertiary/aromatic N) is 5. The summed E-state index contributed by atoms with van der Waals surface area (Å²) in [6.07, 6.45) is 3.65. The van der Waals surface area contributed by atoms with Crippen LogP contribution >= 0.6 is 11.3 Å². The van der Waals surface area contributed by atoms with Crippen molar-refractivity contribution in [2.24, 2.45) is 0 Å².